The highest BCUT2D eigenvalue weighted by Gasteiger charge is 2.10. The fraction of sp³-hybridized carbons (Fsp3) is 0.278. The Balaban J connectivity index is 1.97. The van der Waals surface area contributed by atoms with Crippen LogP contribution in [0.2, 0.25) is 0 Å². The minimum atomic E-state index is -0.0478. The van der Waals surface area contributed by atoms with Gasteiger partial charge in [0.25, 0.3) is 5.91 Å². The molecule has 0 spiro atoms. The summed E-state index contributed by atoms with van der Waals surface area (Å²) in [7, 11) is 0. The maximum absolute atomic E-state index is 12.2. The van der Waals surface area contributed by atoms with Crippen LogP contribution in [0.4, 0.5) is 5.69 Å². The van der Waals surface area contributed by atoms with Crippen LogP contribution in [0.25, 0.3) is 0 Å². The molecule has 0 saturated heterocycles. The number of benzene rings is 2. The molecule has 2 aromatic carbocycles. The normalized spacial score (nSPS) is 11.7. The van der Waals surface area contributed by atoms with E-state index in [1.165, 1.54) is 0 Å². The van der Waals surface area contributed by atoms with Crippen LogP contribution in [0.1, 0.15) is 42.2 Å². The first-order chi connectivity index (χ1) is 10.2. The molecular weight excluding hydrogens is 260 g/mol. The van der Waals surface area contributed by atoms with Gasteiger partial charge in [0.2, 0.25) is 0 Å². The van der Waals surface area contributed by atoms with Gasteiger partial charge in [0.15, 0.2) is 0 Å². The summed E-state index contributed by atoms with van der Waals surface area (Å²) in [6.45, 7) is 5.06. The van der Waals surface area contributed by atoms with Gasteiger partial charge in [-0.2, -0.15) is 0 Å². The van der Waals surface area contributed by atoms with Crippen molar-refractivity contribution >= 4 is 11.6 Å². The number of anilines is 1. The van der Waals surface area contributed by atoms with Gasteiger partial charge in [-0.05, 0) is 43.2 Å². The fourth-order valence-corrected chi connectivity index (χ4v) is 2.11. The molecule has 0 bridgehead atoms. The van der Waals surface area contributed by atoms with E-state index in [1.807, 2.05) is 61.5 Å². The highest BCUT2D eigenvalue weighted by molar-refractivity contribution is 5.94. The molecule has 2 N–H and O–H groups in total. The minimum absolute atomic E-state index is 0.00315. The van der Waals surface area contributed by atoms with Crippen LogP contribution in [-0.2, 0) is 0 Å². The molecular formula is C18H22N2O. The van der Waals surface area contributed by atoms with Gasteiger partial charge in [-0.15, -0.1) is 0 Å². The molecule has 2 rings (SSSR count). The summed E-state index contributed by atoms with van der Waals surface area (Å²) in [6.07, 6.45) is 1.08. The molecule has 3 nitrogen and oxygen atoms in total. The average Bonchev–Trinajstić information content (AvgIpc) is 2.54. The smallest absolute Gasteiger partial charge is 0.251 e. The van der Waals surface area contributed by atoms with Crippen LogP contribution >= 0.6 is 0 Å². The van der Waals surface area contributed by atoms with E-state index < -0.39 is 0 Å². The van der Waals surface area contributed by atoms with Crippen molar-refractivity contribution in [2.45, 2.75) is 26.3 Å². The highest BCUT2D eigenvalue weighted by atomic mass is 16.1. The summed E-state index contributed by atoms with van der Waals surface area (Å²) < 4.78 is 0. The molecule has 110 valence electrons. The van der Waals surface area contributed by atoms with E-state index in [9.17, 15) is 4.79 Å². The van der Waals surface area contributed by atoms with Gasteiger partial charge < -0.3 is 10.6 Å². The van der Waals surface area contributed by atoms with Crippen molar-refractivity contribution in [1.82, 2.24) is 5.32 Å². The molecule has 1 atom stereocenters. The standard InChI is InChI=1S/C18H22N2O/c1-3-13-19-17-11-9-16(10-12-17)18(21)20-14(2)15-7-5-4-6-8-15/h4-12,14,19H,3,13H2,1-2H3,(H,20,21). The number of hydrogen-bond donors (Lipinski definition) is 2. The Bertz CT molecular complexity index is 564. The second-order valence-electron chi connectivity index (χ2n) is 5.11. The van der Waals surface area contributed by atoms with Gasteiger partial charge >= 0.3 is 0 Å². The molecule has 0 aliphatic carbocycles. The van der Waals surface area contributed by atoms with Crippen LogP contribution in [0, 0.1) is 0 Å². The van der Waals surface area contributed by atoms with Gasteiger partial charge in [0.05, 0.1) is 6.04 Å². The number of rotatable bonds is 6. The zero-order valence-electron chi connectivity index (χ0n) is 12.6. The van der Waals surface area contributed by atoms with Crippen LogP contribution in [0.15, 0.2) is 54.6 Å². The summed E-state index contributed by atoms with van der Waals surface area (Å²) in [5.74, 6) is -0.0478. The van der Waals surface area contributed by atoms with Gasteiger partial charge in [0.1, 0.15) is 0 Å². The van der Waals surface area contributed by atoms with E-state index >= 15 is 0 Å². The van der Waals surface area contributed by atoms with Crippen molar-refractivity contribution in [2.75, 3.05) is 11.9 Å². The number of hydrogen-bond acceptors (Lipinski definition) is 2. The monoisotopic (exact) mass is 282 g/mol. The molecule has 0 heterocycles. The average molecular weight is 282 g/mol. The summed E-state index contributed by atoms with van der Waals surface area (Å²) in [6, 6.07) is 17.5. The van der Waals surface area contributed by atoms with Crippen molar-refractivity contribution < 1.29 is 4.79 Å². The number of carbonyl (C=O) groups excluding carboxylic acids is 1. The van der Waals surface area contributed by atoms with E-state index in [0.29, 0.717) is 5.56 Å². The molecule has 0 saturated carbocycles. The Morgan fingerprint density at radius 1 is 1.05 bits per heavy atom. The van der Waals surface area contributed by atoms with E-state index in [4.69, 9.17) is 0 Å². The summed E-state index contributed by atoms with van der Waals surface area (Å²) in [5, 5.41) is 6.31. The quantitative estimate of drug-likeness (QED) is 0.841. The van der Waals surface area contributed by atoms with Crippen molar-refractivity contribution in [3.8, 4) is 0 Å². The van der Waals surface area contributed by atoms with Crippen LogP contribution < -0.4 is 10.6 Å². The predicted molar refractivity (Wildman–Crippen MR) is 87.5 cm³/mol. The van der Waals surface area contributed by atoms with Gasteiger partial charge in [-0.1, -0.05) is 37.3 Å². The van der Waals surface area contributed by atoms with Crippen LogP contribution in [0.5, 0.6) is 0 Å². The fourth-order valence-electron chi connectivity index (χ4n) is 2.11. The Kier molecular flexibility index (Phi) is 5.38. The minimum Gasteiger partial charge on any atom is -0.385 e. The summed E-state index contributed by atoms with van der Waals surface area (Å²) >= 11 is 0. The Morgan fingerprint density at radius 3 is 2.33 bits per heavy atom. The summed E-state index contributed by atoms with van der Waals surface area (Å²) in [5.41, 5.74) is 2.83. The Morgan fingerprint density at radius 2 is 1.71 bits per heavy atom. The van der Waals surface area contributed by atoms with Crippen molar-refractivity contribution in [3.05, 3.63) is 65.7 Å². The molecule has 0 radical (unpaired) electrons. The molecule has 0 aliphatic heterocycles. The largest absolute Gasteiger partial charge is 0.385 e. The molecule has 0 aromatic heterocycles. The first kappa shape index (κ1) is 15.1. The molecule has 0 fully saturated rings. The van der Waals surface area contributed by atoms with Crippen LogP contribution in [-0.4, -0.2) is 12.5 Å². The zero-order chi connectivity index (χ0) is 15.1. The zero-order valence-corrected chi connectivity index (χ0v) is 12.6. The number of carbonyl (C=O) groups is 1. The number of amides is 1. The second kappa shape index (κ2) is 7.48. The maximum atomic E-state index is 12.2. The third kappa shape index (κ3) is 4.35. The number of nitrogens with one attached hydrogen (secondary N) is 2. The lowest BCUT2D eigenvalue weighted by Crippen LogP contribution is -2.26. The first-order valence-electron chi connectivity index (χ1n) is 7.40. The molecule has 1 amide bonds. The topological polar surface area (TPSA) is 41.1 Å². The van der Waals surface area contributed by atoms with Gasteiger partial charge in [-0.3, -0.25) is 4.79 Å². The molecule has 2 aromatic rings. The van der Waals surface area contributed by atoms with E-state index in [-0.39, 0.29) is 11.9 Å². The molecule has 3 heteroatoms. The van der Waals surface area contributed by atoms with Gasteiger partial charge in [-0.25, -0.2) is 0 Å². The van der Waals surface area contributed by atoms with Crippen molar-refractivity contribution in [2.24, 2.45) is 0 Å². The molecule has 21 heavy (non-hydrogen) atoms. The third-order valence-electron chi connectivity index (χ3n) is 3.37. The second-order valence-corrected chi connectivity index (χ2v) is 5.11. The lowest BCUT2D eigenvalue weighted by Gasteiger charge is -2.14. The van der Waals surface area contributed by atoms with Crippen molar-refractivity contribution in [1.29, 1.82) is 0 Å². The highest BCUT2D eigenvalue weighted by Crippen LogP contribution is 2.14. The predicted octanol–water partition coefficient (Wildman–Crippen LogP) is 4.00. The Labute approximate surface area is 126 Å². The first-order valence-corrected chi connectivity index (χ1v) is 7.40. The van der Waals surface area contributed by atoms with Crippen molar-refractivity contribution in [3.63, 3.8) is 0 Å². The van der Waals surface area contributed by atoms with E-state index in [0.717, 1.165) is 24.2 Å². The third-order valence-corrected chi connectivity index (χ3v) is 3.37. The Hall–Kier alpha value is -2.29. The van der Waals surface area contributed by atoms with E-state index in [1.54, 1.807) is 0 Å². The maximum Gasteiger partial charge on any atom is 0.251 e. The van der Waals surface area contributed by atoms with Crippen LogP contribution in [0.3, 0.4) is 0 Å². The van der Waals surface area contributed by atoms with Gasteiger partial charge in [0, 0.05) is 17.8 Å². The lowest BCUT2D eigenvalue weighted by atomic mass is 10.1. The lowest BCUT2D eigenvalue weighted by molar-refractivity contribution is 0.0940. The molecule has 0 aliphatic rings. The SMILES string of the molecule is CCCNc1ccc(C(=O)NC(C)c2ccccc2)cc1. The summed E-state index contributed by atoms with van der Waals surface area (Å²) in [4.78, 5) is 12.2. The van der Waals surface area contributed by atoms with E-state index in [2.05, 4.69) is 17.6 Å². The molecule has 1 unspecified atom stereocenters.